The summed E-state index contributed by atoms with van der Waals surface area (Å²) in [5.74, 6) is 0.875. The molecule has 2 nitrogen and oxygen atoms in total. The van der Waals surface area contributed by atoms with Crippen LogP contribution < -0.4 is 4.74 Å². The minimum Gasteiger partial charge on any atom is -0.491 e. The average Bonchev–Trinajstić information content (AvgIpc) is 2.97. The highest BCUT2D eigenvalue weighted by molar-refractivity contribution is 7.13. The third kappa shape index (κ3) is 3.32. The molecule has 2 aromatic carbocycles. The minimum atomic E-state index is 0.178. The van der Waals surface area contributed by atoms with Crippen LogP contribution >= 0.6 is 22.9 Å². The largest absolute Gasteiger partial charge is 0.491 e. The normalized spacial score (nSPS) is 10.9. The van der Waals surface area contributed by atoms with Crippen LogP contribution in [0.25, 0.3) is 21.8 Å². The molecule has 0 unspecified atom stereocenters. The number of aromatic nitrogens is 1. The van der Waals surface area contributed by atoms with Crippen LogP contribution in [-0.4, -0.2) is 11.1 Å². The van der Waals surface area contributed by atoms with Crippen molar-refractivity contribution in [3.8, 4) is 27.6 Å². The van der Waals surface area contributed by atoms with E-state index in [9.17, 15) is 0 Å². The van der Waals surface area contributed by atoms with Gasteiger partial charge in [0.1, 0.15) is 10.8 Å². The van der Waals surface area contributed by atoms with E-state index in [0.29, 0.717) is 0 Å². The second kappa shape index (κ2) is 6.51. The summed E-state index contributed by atoms with van der Waals surface area (Å²) in [6.07, 6.45) is 0.178. The van der Waals surface area contributed by atoms with Crippen LogP contribution in [0.5, 0.6) is 5.75 Å². The van der Waals surface area contributed by atoms with Gasteiger partial charge in [-0.15, -0.1) is 11.3 Å². The van der Waals surface area contributed by atoms with Crippen LogP contribution in [0.2, 0.25) is 5.02 Å². The summed E-state index contributed by atoms with van der Waals surface area (Å²) >= 11 is 7.83. The molecular weight excluding hydrogens is 314 g/mol. The Morgan fingerprint density at radius 2 is 1.77 bits per heavy atom. The zero-order chi connectivity index (χ0) is 15.5. The molecule has 0 fully saturated rings. The second-order valence-electron chi connectivity index (χ2n) is 5.21. The van der Waals surface area contributed by atoms with Gasteiger partial charge in [-0.3, -0.25) is 0 Å². The summed E-state index contributed by atoms with van der Waals surface area (Å²) in [5, 5.41) is 3.71. The van der Waals surface area contributed by atoms with E-state index in [4.69, 9.17) is 21.3 Å². The maximum absolute atomic E-state index is 6.23. The fraction of sp³-hybridized carbons (Fsp3) is 0.167. The molecule has 0 aliphatic carbocycles. The predicted molar refractivity (Wildman–Crippen MR) is 93.8 cm³/mol. The van der Waals surface area contributed by atoms with Gasteiger partial charge in [0, 0.05) is 16.5 Å². The van der Waals surface area contributed by atoms with Crippen LogP contribution in [0.1, 0.15) is 13.8 Å². The van der Waals surface area contributed by atoms with Crippen LogP contribution in [0.3, 0.4) is 0 Å². The van der Waals surface area contributed by atoms with Crippen molar-refractivity contribution >= 4 is 22.9 Å². The third-order valence-electron chi connectivity index (χ3n) is 3.13. The summed E-state index contributed by atoms with van der Waals surface area (Å²) in [6, 6.07) is 15.8. The van der Waals surface area contributed by atoms with E-state index in [1.54, 1.807) is 11.3 Å². The van der Waals surface area contributed by atoms with Crippen LogP contribution in [0.15, 0.2) is 53.9 Å². The molecule has 0 saturated heterocycles. The fourth-order valence-corrected chi connectivity index (χ4v) is 3.29. The van der Waals surface area contributed by atoms with Gasteiger partial charge in [-0.2, -0.15) is 0 Å². The maximum atomic E-state index is 6.23. The summed E-state index contributed by atoms with van der Waals surface area (Å²) in [4.78, 5) is 4.70. The molecule has 4 heteroatoms. The van der Waals surface area contributed by atoms with E-state index in [-0.39, 0.29) is 6.10 Å². The van der Waals surface area contributed by atoms with Gasteiger partial charge in [-0.25, -0.2) is 4.98 Å². The number of ether oxygens (including phenoxy) is 1. The van der Waals surface area contributed by atoms with Crippen molar-refractivity contribution in [2.24, 2.45) is 0 Å². The molecule has 112 valence electrons. The van der Waals surface area contributed by atoms with Gasteiger partial charge in [0.25, 0.3) is 0 Å². The topological polar surface area (TPSA) is 22.1 Å². The van der Waals surface area contributed by atoms with Crippen LogP contribution in [0, 0.1) is 0 Å². The van der Waals surface area contributed by atoms with Crippen molar-refractivity contribution in [3.05, 3.63) is 58.9 Å². The summed E-state index contributed by atoms with van der Waals surface area (Å²) in [5.41, 5.74) is 3.00. The molecule has 0 atom stereocenters. The lowest BCUT2D eigenvalue weighted by atomic mass is 10.1. The lowest BCUT2D eigenvalue weighted by molar-refractivity contribution is 0.242. The van der Waals surface area contributed by atoms with Gasteiger partial charge in [0.2, 0.25) is 0 Å². The van der Waals surface area contributed by atoms with Gasteiger partial charge >= 0.3 is 0 Å². The van der Waals surface area contributed by atoms with Crippen LogP contribution in [-0.2, 0) is 0 Å². The van der Waals surface area contributed by atoms with Crippen molar-refractivity contribution in [1.29, 1.82) is 0 Å². The first-order chi connectivity index (χ1) is 10.6. The first-order valence-electron chi connectivity index (χ1n) is 7.11. The molecule has 0 amide bonds. The standard InChI is InChI=1S/C18H16ClNOS/c1-12(2)21-14-9-7-13(8-10-14)17-11-22-18(20-17)15-5-3-4-6-16(15)19/h3-12H,1-2H3. The van der Waals surface area contributed by atoms with Gasteiger partial charge in [-0.1, -0.05) is 29.8 Å². The number of hydrogen-bond acceptors (Lipinski definition) is 3. The van der Waals surface area contributed by atoms with Crippen molar-refractivity contribution in [3.63, 3.8) is 0 Å². The van der Waals surface area contributed by atoms with E-state index in [1.165, 1.54) is 0 Å². The molecule has 0 aliphatic rings. The molecule has 22 heavy (non-hydrogen) atoms. The van der Waals surface area contributed by atoms with Gasteiger partial charge in [0.15, 0.2) is 0 Å². The van der Waals surface area contributed by atoms with Crippen molar-refractivity contribution in [2.45, 2.75) is 20.0 Å². The van der Waals surface area contributed by atoms with Crippen LogP contribution in [0.4, 0.5) is 0 Å². The molecule has 1 heterocycles. The molecule has 0 spiro atoms. The Hall–Kier alpha value is -1.84. The Kier molecular flexibility index (Phi) is 4.46. The molecule has 0 saturated carbocycles. The molecule has 1 aromatic heterocycles. The first-order valence-corrected chi connectivity index (χ1v) is 8.37. The predicted octanol–water partition coefficient (Wildman–Crippen LogP) is 5.92. The highest BCUT2D eigenvalue weighted by Crippen LogP contribution is 2.33. The lowest BCUT2D eigenvalue weighted by Gasteiger charge is -2.09. The Bertz CT molecular complexity index is 765. The Morgan fingerprint density at radius 1 is 1.05 bits per heavy atom. The second-order valence-corrected chi connectivity index (χ2v) is 6.47. The SMILES string of the molecule is CC(C)Oc1ccc(-c2csc(-c3ccccc3Cl)n2)cc1. The lowest BCUT2D eigenvalue weighted by Crippen LogP contribution is -2.05. The van der Waals surface area contributed by atoms with Gasteiger partial charge in [-0.05, 0) is 44.2 Å². The molecule has 3 aromatic rings. The molecule has 0 N–H and O–H groups in total. The number of benzene rings is 2. The average molecular weight is 330 g/mol. The first kappa shape index (κ1) is 15.1. The van der Waals surface area contributed by atoms with E-state index in [1.807, 2.05) is 62.4 Å². The quantitative estimate of drug-likeness (QED) is 0.593. The van der Waals surface area contributed by atoms with E-state index in [2.05, 4.69) is 5.38 Å². The zero-order valence-corrected chi connectivity index (χ0v) is 14.0. The zero-order valence-electron chi connectivity index (χ0n) is 12.4. The summed E-state index contributed by atoms with van der Waals surface area (Å²) in [7, 11) is 0. The number of nitrogens with zero attached hydrogens (tertiary/aromatic N) is 1. The highest BCUT2D eigenvalue weighted by atomic mass is 35.5. The Labute approximate surface area is 139 Å². The molecule has 0 aliphatic heterocycles. The Balaban J connectivity index is 1.86. The number of thiazole rings is 1. The maximum Gasteiger partial charge on any atom is 0.125 e. The summed E-state index contributed by atoms with van der Waals surface area (Å²) in [6.45, 7) is 4.04. The minimum absolute atomic E-state index is 0.178. The molecule has 3 rings (SSSR count). The van der Waals surface area contributed by atoms with Gasteiger partial charge in [0.05, 0.1) is 16.8 Å². The molecular formula is C18H16ClNOS. The smallest absolute Gasteiger partial charge is 0.125 e. The fourth-order valence-electron chi connectivity index (χ4n) is 2.14. The third-order valence-corrected chi connectivity index (χ3v) is 4.34. The van der Waals surface area contributed by atoms with E-state index < -0.39 is 0 Å². The van der Waals surface area contributed by atoms with Crippen molar-refractivity contribution < 1.29 is 4.74 Å². The monoisotopic (exact) mass is 329 g/mol. The Morgan fingerprint density at radius 3 is 2.45 bits per heavy atom. The highest BCUT2D eigenvalue weighted by Gasteiger charge is 2.09. The molecule has 0 radical (unpaired) electrons. The van der Waals surface area contributed by atoms with Crippen molar-refractivity contribution in [2.75, 3.05) is 0 Å². The molecule has 0 bridgehead atoms. The summed E-state index contributed by atoms with van der Waals surface area (Å²) < 4.78 is 5.66. The van der Waals surface area contributed by atoms with E-state index >= 15 is 0 Å². The number of rotatable bonds is 4. The van der Waals surface area contributed by atoms with Crippen molar-refractivity contribution in [1.82, 2.24) is 4.98 Å². The number of hydrogen-bond donors (Lipinski definition) is 0. The van der Waals surface area contributed by atoms with Gasteiger partial charge < -0.3 is 4.74 Å². The van der Waals surface area contributed by atoms with E-state index in [0.717, 1.165) is 32.6 Å². The number of halogens is 1.